The maximum absolute atomic E-state index is 11.8. The van der Waals surface area contributed by atoms with Crippen LogP contribution < -0.4 is 5.32 Å². The summed E-state index contributed by atoms with van der Waals surface area (Å²) in [6.45, 7) is 0.573. The molecule has 23 heavy (non-hydrogen) atoms. The van der Waals surface area contributed by atoms with Gasteiger partial charge in [0.1, 0.15) is 0 Å². The van der Waals surface area contributed by atoms with Gasteiger partial charge < -0.3 is 9.84 Å². The van der Waals surface area contributed by atoms with E-state index in [9.17, 15) is 4.79 Å². The number of benzene rings is 1. The van der Waals surface area contributed by atoms with Crippen LogP contribution in [0.25, 0.3) is 11.3 Å². The van der Waals surface area contributed by atoms with Crippen LogP contribution in [0.1, 0.15) is 17.0 Å². The molecule has 0 saturated heterocycles. The third-order valence-corrected chi connectivity index (χ3v) is 4.44. The summed E-state index contributed by atoms with van der Waals surface area (Å²) in [5.74, 6) is 0.829. The summed E-state index contributed by atoms with van der Waals surface area (Å²) in [6.07, 6.45) is 1.99. The Morgan fingerprint density at radius 1 is 1.13 bits per heavy atom. The zero-order chi connectivity index (χ0) is 15.9. The van der Waals surface area contributed by atoms with Crippen LogP contribution in [0.4, 0.5) is 0 Å². The van der Waals surface area contributed by atoms with E-state index in [0.29, 0.717) is 19.4 Å². The Labute approximate surface area is 139 Å². The van der Waals surface area contributed by atoms with Gasteiger partial charge in [0, 0.05) is 35.9 Å². The first-order chi connectivity index (χ1) is 11.3. The minimum Gasteiger partial charge on any atom is -0.356 e. The van der Waals surface area contributed by atoms with Gasteiger partial charge in [0.15, 0.2) is 5.76 Å². The second-order valence-electron chi connectivity index (χ2n) is 5.23. The van der Waals surface area contributed by atoms with Crippen LogP contribution in [0.15, 0.2) is 58.4 Å². The fourth-order valence-corrected chi connectivity index (χ4v) is 2.99. The van der Waals surface area contributed by atoms with Gasteiger partial charge in [-0.25, -0.2) is 0 Å². The van der Waals surface area contributed by atoms with E-state index in [0.717, 1.165) is 23.4 Å². The lowest BCUT2D eigenvalue weighted by atomic mass is 10.1. The summed E-state index contributed by atoms with van der Waals surface area (Å²) in [6, 6.07) is 15.8. The van der Waals surface area contributed by atoms with Gasteiger partial charge in [0.2, 0.25) is 5.91 Å². The Hall–Kier alpha value is -2.40. The second-order valence-corrected chi connectivity index (χ2v) is 6.26. The number of nitrogens with one attached hydrogen (secondary N) is 1. The number of nitrogens with zero attached hydrogens (tertiary/aromatic N) is 1. The molecule has 3 aromatic rings. The molecule has 0 atom stereocenters. The average molecular weight is 326 g/mol. The number of amides is 1. The summed E-state index contributed by atoms with van der Waals surface area (Å²) in [5, 5.41) is 9.01. The van der Waals surface area contributed by atoms with E-state index in [2.05, 4.69) is 16.5 Å². The van der Waals surface area contributed by atoms with E-state index in [-0.39, 0.29) is 5.91 Å². The van der Waals surface area contributed by atoms with Crippen LogP contribution >= 0.6 is 11.3 Å². The molecule has 0 bridgehead atoms. The summed E-state index contributed by atoms with van der Waals surface area (Å²) in [7, 11) is 0. The van der Waals surface area contributed by atoms with E-state index in [1.54, 1.807) is 11.3 Å². The molecule has 1 amide bonds. The highest BCUT2D eigenvalue weighted by molar-refractivity contribution is 7.09. The van der Waals surface area contributed by atoms with Crippen molar-refractivity contribution in [1.82, 2.24) is 10.5 Å². The molecule has 1 N–H and O–H groups in total. The van der Waals surface area contributed by atoms with E-state index in [4.69, 9.17) is 4.52 Å². The predicted octanol–water partition coefficient (Wildman–Crippen LogP) is 3.69. The molecule has 1 aromatic carbocycles. The Morgan fingerprint density at radius 2 is 2.00 bits per heavy atom. The van der Waals surface area contributed by atoms with Crippen molar-refractivity contribution in [2.75, 3.05) is 6.54 Å². The smallest absolute Gasteiger partial charge is 0.220 e. The van der Waals surface area contributed by atoms with Crippen molar-refractivity contribution in [3.05, 3.63) is 64.5 Å². The van der Waals surface area contributed by atoms with Gasteiger partial charge in [-0.1, -0.05) is 41.6 Å². The maximum atomic E-state index is 11.8. The minimum atomic E-state index is 0.0742. The Bertz CT molecular complexity index is 735. The number of hydrogen-bond acceptors (Lipinski definition) is 4. The van der Waals surface area contributed by atoms with Crippen LogP contribution in [0, 0.1) is 0 Å². The number of carbonyl (C=O) groups is 1. The highest BCUT2D eigenvalue weighted by Gasteiger charge is 2.07. The molecular weight excluding hydrogens is 308 g/mol. The van der Waals surface area contributed by atoms with Crippen LogP contribution in [-0.4, -0.2) is 17.6 Å². The Balaban J connectivity index is 1.42. The number of rotatable bonds is 7. The van der Waals surface area contributed by atoms with Crippen LogP contribution in [0.2, 0.25) is 0 Å². The second kappa shape index (κ2) is 7.74. The summed E-state index contributed by atoms with van der Waals surface area (Å²) < 4.78 is 5.34. The number of aryl methyl sites for hydroxylation is 1. The molecule has 5 heteroatoms. The zero-order valence-corrected chi connectivity index (χ0v) is 13.5. The topological polar surface area (TPSA) is 55.1 Å². The third kappa shape index (κ3) is 4.53. The molecule has 4 nitrogen and oxygen atoms in total. The third-order valence-electron chi connectivity index (χ3n) is 3.50. The number of thiophene rings is 1. The number of carbonyl (C=O) groups excluding carboxylic acids is 1. The number of aromatic nitrogens is 1. The van der Waals surface area contributed by atoms with Gasteiger partial charge in [0.05, 0.1) is 5.69 Å². The first-order valence-electron chi connectivity index (χ1n) is 7.61. The lowest BCUT2D eigenvalue weighted by Gasteiger charge is -2.02. The first-order valence-corrected chi connectivity index (χ1v) is 8.49. The molecule has 0 saturated carbocycles. The van der Waals surface area contributed by atoms with Crippen molar-refractivity contribution < 1.29 is 9.32 Å². The lowest BCUT2D eigenvalue weighted by molar-refractivity contribution is -0.121. The van der Waals surface area contributed by atoms with E-state index >= 15 is 0 Å². The minimum absolute atomic E-state index is 0.0742. The van der Waals surface area contributed by atoms with E-state index < -0.39 is 0 Å². The summed E-state index contributed by atoms with van der Waals surface area (Å²) in [5.41, 5.74) is 1.86. The lowest BCUT2D eigenvalue weighted by Crippen LogP contribution is -2.25. The average Bonchev–Trinajstić information content (AvgIpc) is 3.26. The Kier molecular flexibility index (Phi) is 5.21. The fourth-order valence-electron chi connectivity index (χ4n) is 2.28. The molecule has 2 aromatic heterocycles. The summed E-state index contributed by atoms with van der Waals surface area (Å²) in [4.78, 5) is 13.0. The zero-order valence-electron chi connectivity index (χ0n) is 12.7. The van der Waals surface area contributed by atoms with Crippen LogP contribution in [-0.2, 0) is 17.6 Å². The van der Waals surface area contributed by atoms with Gasteiger partial charge in [-0.05, 0) is 17.9 Å². The van der Waals surface area contributed by atoms with Crippen molar-refractivity contribution in [2.24, 2.45) is 0 Å². The maximum Gasteiger partial charge on any atom is 0.220 e. The van der Waals surface area contributed by atoms with Crippen molar-refractivity contribution >= 4 is 17.2 Å². The molecule has 0 aliphatic heterocycles. The molecule has 0 spiro atoms. The van der Waals surface area contributed by atoms with Gasteiger partial charge >= 0.3 is 0 Å². The van der Waals surface area contributed by atoms with Gasteiger partial charge in [-0.15, -0.1) is 11.3 Å². The molecule has 0 unspecified atom stereocenters. The van der Waals surface area contributed by atoms with Gasteiger partial charge in [0.25, 0.3) is 0 Å². The van der Waals surface area contributed by atoms with Crippen LogP contribution in [0.3, 0.4) is 0 Å². The molecular formula is C18H18N2O2S. The largest absolute Gasteiger partial charge is 0.356 e. The highest BCUT2D eigenvalue weighted by atomic mass is 32.1. The quantitative estimate of drug-likeness (QED) is 0.720. The van der Waals surface area contributed by atoms with Crippen LogP contribution in [0.5, 0.6) is 0 Å². The molecule has 0 aliphatic carbocycles. The molecule has 0 fully saturated rings. The summed E-state index contributed by atoms with van der Waals surface area (Å²) >= 11 is 1.68. The monoisotopic (exact) mass is 326 g/mol. The molecule has 2 heterocycles. The van der Waals surface area contributed by atoms with Gasteiger partial charge in [-0.2, -0.15) is 0 Å². The predicted molar refractivity (Wildman–Crippen MR) is 91.3 cm³/mol. The molecule has 3 rings (SSSR count). The van der Waals surface area contributed by atoms with Crippen molar-refractivity contribution in [1.29, 1.82) is 0 Å². The van der Waals surface area contributed by atoms with Crippen molar-refractivity contribution in [2.45, 2.75) is 19.3 Å². The normalized spacial score (nSPS) is 10.6. The van der Waals surface area contributed by atoms with Crippen molar-refractivity contribution in [3.63, 3.8) is 0 Å². The Morgan fingerprint density at radius 3 is 2.78 bits per heavy atom. The first kappa shape index (κ1) is 15.5. The van der Waals surface area contributed by atoms with E-state index in [1.165, 1.54) is 4.88 Å². The molecule has 118 valence electrons. The van der Waals surface area contributed by atoms with E-state index in [1.807, 2.05) is 47.8 Å². The fraction of sp³-hybridized carbons (Fsp3) is 0.222. The number of hydrogen-bond donors (Lipinski definition) is 1. The molecule has 0 aliphatic rings. The SMILES string of the molecule is O=C(CCc1cccs1)NCCc1cc(-c2ccccc2)on1. The van der Waals surface area contributed by atoms with Gasteiger partial charge in [-0.3, -0.25) is 4.79 Å². The highest BCUT2D eigenvalue weighted by Crippen LogP contribution is 2.19. The van der Waals surface area contributed by atoms with Crippen molar-refractivity contribution in [3.8, 4) is 11.3 Å². The standard InChI is InChI=1S/C18H18N2O2S/c21-18(9-8-16-7-4-12-23-16)19-11-10-15-13-17(22-20-15)14-5-2-1-3-6-14/h1-7,12-13H,8-11H2,(H,19,21). The molecule has 0 radical (unpaired) electrons.